The summed E-state index contributed by atoms with van der Waals surface area (Å²) >= 11 is 0. The van der Waals surface area contributed by atoms with E-state index < -0.39 is 11.6 Å². The monoisotopic (exact) mass is 234 g/mol. The smallest absolute Gasteiger partial charge is 0.167 e. The van der Waals surface area contributed by atoms with Crippen LogP contribution in [0, 0.1) is 11.6 Å². The third-order valence-electron chi connectivity index (χ3n) is 2.60. The number of hydrogen-bond donors (Lipinski definition) is 0. The number of aromatic nitrogens is 2. The fourth-order valence-corrected chi connectivity index (χ4v) is 1.62. The third-order valence-corrected chi connectivity index (χ3v) is 2.60. The Kier molecular flexibility index (Phi) is 3.04. The van der Waals surface area contributed by atoms with Gasteiger partial charge in [0.25, 0.3) is 0 Å². The molecule has 0 N–H and O–H groups in total. The van der Waals surface area contributed by atoms with Gasteiger partial charge in [0.1, 0.15) is 0 Å². The third kappa shape index (κ3) is 1.98. The summed E-state index contributed by atoms with van der Waals surface area (Å²) in [5.74, 6) is -1.74. The highest BCUT2D eigenvalue weighted by Gasteiger charge is 2.14. The molecule has 17 heavy (non-hydrogen) atoms. The second-order valence-electron chi connectivity index (χ2n) is 3.62. The van der Waals surface area contributed by atoms with Crippen molar-refractivity contribution in [3.05, 3.63) is 48.3 Å². The molecule has 0 spiro atoms. The van der Waals surface area contributed by atoms with Crippen molar-refractivity contribution in [3.8, 4) is 11.1 Å². The largest absolute Gasteiger partial charge is 0.272 e. The zero-order chi connectivity index (χ0) is 12.4. The van der Waals surface area contributed by atoms with Crippen molar-refractivity contribution in [2.45, 2.75) is 13.5 Å². The molecule has 0 saturated heterocycles. The fourth-order valence-electron chi connectivity index (χ4n) is 1.62. The number of hydrogen-bond acceptors (Lipinski definition) is 1. The minimum atomic E-state index is -0.873. The predicted octanol–water partition coefficient (Wildman–Crippen LogP) is 3.49. The first-order valence-electron chi connectivity index (χ1n) is 5.30. The van der Waals surface area contributed by atoms with Gasteiger partial charge in [-0.2, -0.15) is 5.10 Å². The van der Waals surface area contributed by atoms with E-state index >= 15 is 0 Å². The highest BCUT2D eigenvalue weighted by molar-refractivity contribution is 5.65. The SMILES string of the molecule is C=Cc1ccc(-c2cnn(CC)c2)c(F)c1F. The van der Waals surface area contributed by atoms with Crippen molar-refractivity contribution < 1.29 is 8.78 Å². The summed E-state index contributed by atoms with van der Waals surface area (Å²) in [6.45, 7) is 6.04. The zero-order valence-corrected chi connectivity index (χ0v) is 9.45. The summed E-state index contributed by atoms with van der Waals surface area (Å²) in [7, 11) is 0. The molecule has 1 heterocycles. The molecule has 4 heteroatoms. The molecule has 2 rings (SSSR count). The van der Waals surface area contributed by atoms with Gasteiger partial charge in [0.05, 0.1) is 6.20 Å². The van der Waals surface area contributed by atoms with E-state index in [2.05, 4.69) is 11.7 Å². The first-order chi connectivity index (χ1) is 8.17. The Balaban J connectivity index is 2.53. The Hall–Kier alpha value is -1.97. The molecular formula is C13H12F2N2. The Morgan fingerprint density at radius 2 is 2.12 bits per heavy atom. The van der Waals surface area contributed by atoms with Gasteiger partial charge in [0, 0.05) is 29.4 Å². The molecule has 1 aromatic heterocycles. The second kappa shape index (κ2) is 4.49. The predicted molar refractivity (Wildman–Crippen MR) is 63.3 cm³/mol. The summed E-state index contributed by atoms with van der Waals surface area (Å²) in [4.78, 5) is 0. The molecule has 0 aliphatic heterocycles. The van der Waals surface area contributed by atoms with E-state index in [0.717, 1.165) is 0 Å². The molecule has 2 aromatic rings. The molecule has 0 atom stereocenters. The molecule has 1 aromatic carbocycles. The zero-order valence-electron chi connectivity index (χ0n) is 9.45. The minimum Gasteiger partial charge on any atom is -0.272 e. The molecule has 0 saturated carbocycles. The van der Waals surface area contributed by atoms with Crippen LogP contribution in [0.25, 0.3) is 17.2 Å². The number of benzene rings is 1. The Morgan fingerprint density at radius 3 is 2.71 bits per heavy atom. The molecular weight excluding hydrogens is 222 g/mol. The van der Waals surface area contributed by atoms with Crippen LogP contribution in [0.1, 0.15) is 12.5 Å². The lowest BCUT2D eigenvalue weighted by Gasteiger charge is -2.03. The molecule has 0 unspecified atom stereocenters. The molecule has 0 radical (unpaired) electrons. The van der Waals surface area contributed by atoms with Crippen LogP contribution in [0.4, 0.5) is 8.78 Å². The van der Waals surface area contributed by atoms with E-state index in [4.69, 9.17) is 0 Å². The highest BCUT2D eigenvalue weighted by atomic mass is 19.2. The lowest BCUT2D eigenvalue weighted by atomic mass is 10.1. The number of rotatable bonds is 3. The first kappa shape index (κ1) is 11.5. The van der Waals surface area contributed by atoms with Crippen LogP contribution in [0.3, 0.4) is 0 Å². The van der Waals surface area contributed by atoms with Crippen LogP contribution in [0.15, 0.2) is 31.1 Å². The Bertz CT molecular complexity index is 559. The van der Waals surface area contributed by atoms with E-state index in [1.807, 2.05) is 6.92 Å². The van der Waals surface area contributed by atoms with Crippen molar-refractivity contribution in [3.63, 3.8) is 0 Å². The van der Waals surface area contributed by atoms with Gasteiger partial charge in [-0.05, 0) is 6.92 Å². The van der Waals surface area contributed by atoms with E-state index in [-0.39, 0.29) is 11.1 Å². The van der Waals surface area contributed by atoms with Crippen LogP contribution < -0.4 is 0 Å². The lowest BCUT2D eigenvalue weighted by molar-refractivity contribution is 0.509. The summed E-state index contributed by atoms with van der Waals surface area (Å²) < 4.78 is 29.0. The van der Waals surface area contributed by atoms with Gasteiger partial charge in [-0.1, -0.05) is 24.8 Å². The standard InChI is InChI=1S/C13H12F2N2/c1-3-9-5-6-11(13(15)12(9)14)10-7-16-17(4-2)8-10/h3,5-8H,1,4H2,2H3. The lowest BCUT2D eigenvalue weighted by Crippen LogP contribution is -1.93. The van der Waals surface area contributed by atoms with Crippen molar-refractivity contribution in [1.82, 2.24) is 9.78 Å². The number of aryl methyl sites for hydroxylation is 1. The summed E-state index contributed by atoms with van der Waals surface area (Å²) in [6.07, 6.45) is 4.50. The molecule has 0 aliphatic rings. The Morgan fingerprint density at radius 1 is 1.35 bits per heavy atom. The van der Waals surface area contributed by atoms with Crippen molar-refractivity contribution in [1.29, 1.82) is 0 Å². The average Bonchev–Trinajstić information content (AvgIpc) is 2.81. The van der Waals surface area contributed by atoms with Crippen LogP contribution in [-0.4, -0.2) is 9.78 Å². The molecule has 0 bridgehead atoms. The second-order valence-corrected chi connectivity index (χ2v) is 3.62. The van der Waals surface area contributed by atoms with E-state index in [1.165, 1.54) is 24.4 Å². The number of nitrogens with zero attached hydrogens (tertiary/aromatic N) is 2. The topological polar surface area (TPSA) is 17.8 Å². The maximum Gasteiger partial charge on any atom is 0.167 e. The molecule has 0 fully saturated rings. The van der Waals surface area contributed by atoms with Gasteiger partial charge < -0.3 is 0 Å². The van der Waals surface area contributed by atoms with Crippen molar-refractivity contribution in [2.75, 3.05) is 0 Å². The van der Waals surface area contributed by atoms with E-state index in [0.29, 0.717) is 12.1 Å². The summed E-state index contributed by atoms with van der Waals surface area (Å²) in [5.41, 5.74) is 0.945. The maximum atomic E-state index is 13.8. The molecule has 0 aliphatic carbocycles. The van der Waals surface area contributed by atoms with Gasteiger partial charge in [-0.3, -0.25) is 4.68 Å². The first-order valence-corrected chi connectivity index (χ1v) is 5.30. The van der Waals surface area contributed by atoms with Gasteiger partial charge in [0.2, 0.25) is 0 Å². The number of halogens is 2. The quantitative estimate of drug-likeness (QED) is 0.794. The normalized spacial score (nSPS) is 10.5. The van der Waals surface area contributed by atoms with Crippen LogP contribution in [-0.2, 0) is 6.54 Å². The van der Waals surface area contributed by atoms with E-state index in [9.17, 15) is 8.78 Å². The fraction of sp³-hybridized carbons (Fsp3) is 0.154. The van der Waals surface area contributed by atoms with Crippen molar-refractivity contribution >= 4 is 6.08 Å². The minimum absolute atomic E-state index is 0.161. The molecule has 0 amide bonds. The van der Waals surface area contributed by atoms with Gasteiger partial charge >= 0.3 is 0 Å². The van der Waals surface area contributed by atoms with Gasteiger partial charge in [0.15, 0.2) is 11.6 Å². The van der Waals surface area contributed by atoms with Crippen LogP contribution in [0.5, 0.6) is 0 Å². The summed E-state index contributed by atoms with van der Waals surface area (Å²) in [6, 6.07) is 3.04. The van der Waals surface area contributed by atoms with Crippen LogP contribution >= 0.6 is 0 Å². The average molecular weight is 234 g/mol. The molecule has 88 valence electrons. The van der Waals surface area contributed by atoms with E-state index in [1.54, 1.807) is 10.9 Å². The summed E-state index contributed by atoms with van der Waals surface area (Å²) in [5, 5.41) is 4.03. The van der Waals surface area contributed by atoms with Crippen LogP contribution in [0.2, 0.25) is 0 Å². The molecule has 2 nitrogen and oxygen atoms in total. The highest BCUT2D eigenvalue weighted by Crippen LogP contribution is 2.26. The maximum absolute atomic E-state index is 13.8. The van der Waals surface area contributed by atoms with Crippen molar-refractivity contribution in [2.24, 2.45) is 0 Å². The van der Waals surface area contributed by atoms with Gasteiger partial charge in [-0.15, -0.1) is 0 Å². The van der Waals surface area contributed by atoms with Gasteiger partial charge in [-0.25, -0.2) is 8.78 Å². The Labute approximate surface area is 98.2 Å².